The van der Waals surface area contributed by atoms with Crippen LogP contribution in [0.15, 0.2) is 48.5 Å². The summed E-state index contributed by atoms with van der Waals surface area (Å²) in [6.45, 7) is 4.52. The second kappa shape index (κ2) is 8.59. The van der Waals surface area contributed by atoms with Gasteiger partial charge in [-0.3, -0.25) is 4.79 Å². The van der Waals surface area contributed by atoms with Gasteiger partial charge >= 0.3 is 0 Å². The van der Waals surface area contributed by atoms with E-state index in [2.05, 4.69) is 6.92 Å². The molecule has 0 N–H and O–H groups in total. The van der Waals surface area contributed by atoms with Crippen molar-refractivity contribution in [2.45, 2.75) is 39.4 Å². The minimum Gasteiger partial charge on any atom is -0.487 e. The Balaban J connectivity index is 2.18. The highest BCUT2D eigenvalue weighted by Gasteiger charge is 2.11. The third-order valence-electron chi connectivity index (χ3n) is 3.49. The Bertz CT molecular complexity index is 640. The molecular formula is C19H21ClO3. The number of hydrogen-bond acceptors (Lipinski definition) is 3. The third kappa shape index (κ3) is 5.61. The molecule has 0 radical (unpaired) electrons. The van der Waals surface area contributed by atoms with Crippen molar-refractivity contribution in [3.05, 3.63) is 59.7 Å². The Labute approximate surface area is 142 Å². The largest absolute Gasteiger partial charge is 0.487 e. The summed E-state index contributed by atoms with van der Waals surface area (Å²) < 4.78 is 11.8. The molecule has 23 heavy (non-hydrogen) atoms. The quantitative estimate of drug-likeness (QED) is 0.654. The molecule has 2 rings (SSSR count). The van der Waals surface area contributed by atoms with Gasteiger partial charge in [0.1, 0.15) is 6.61 Å². The molecule has 0 aliphatic carbocycles. The van der Waals surface area contributed by atoms with Gasteiger partial charge in [0.15, 0.2) is 11.5 Å². The van der Waals surface area contributed by atoms with Crippen molar-refractivity contribution < 1.29 is 14.3 Å². The zero-order valence-corrected chi connectivity index (χ0v) is 14.2. The molecule has 0 aromatic heterocycles. The summed E-state index contributed by atoms with van der Waals surface area (Å²) in [6.07, 6.45) is 1.17. The maximum atomic E-state index is 11.1. The summed E-state index contributed by atoms with van der Waals surface area (Å²) in [4.78, 5) is 11.1. The summed E-state index contributed by atoms with van der Waals surface area (Å²) in [7, 11) is 0. The van der Waals surface area contributed by atoms with Gasteiger partial charge in [0.2, 0.25) is 5.24 Å². The maximum Gasteiger partial charge on any atom is 0.226 e. The lowest BCUT2D eigenvalue weighted by atomic mass is 10.1. The van der Waals surface area contributed by atoms with Gasteiger partial charge in [-0.15, -0.1) is 0 Å². The highest BCUT2D eigenvalue weighted by atomic mass is 35.5. The molecule has 0 aliphatic rings. The van der Waals surface area contributed by atoms with Crippen LogP contribution >= 0.6 is 11.6 Å². The number of hydrogen-bond donors (Lipinski definition) is 0. The molecule has 0 saturated carbocycles. The summed E-state index contributed by atoms with van der Waals surface area (Å²) in [6, 6.07) is 15.4. The van der Waals surface area contributed by atoms with Crippen LogP contribution in [-0.2, 0) is 17.8 Å². The first-order valence-electron chi connectivity index (χ1n) is 7.73. The molecule has 2 aromatic rings. The second-order valence-electron chi connectivity index (χ2n) is 5.42. The Hall–Kier alpha value is -2.00. The third-order valence-corrected chi connectivity index (χ3v) is 3.63. The van der Waals surface area contributed by atoms with Gasteiger partial charge in [-0.25, -0.2) is 0 Å². The van der Waals surface area contributed by atoms with E-state index in [1.165, 1.54) is 0 Å². The van der Waals surface area contributed by atoms with Crippen LogP contribution in [0.1, 0.15) is 31.4 Å². The molecule has 0 aliphatic heterocycles. The SMILES string of the molecule is CC[C@@H](C)Oc1ccc(CC(=O)Cl)cc1OCc1ccccc1. The number of carbonyl (C=O) groups is 1. The fraction of sp³-hybridized carbons (Fsp3) is 0.316. The molecule has 122 valence electrons. The van der Waals surface area contributed by atoms with Crippen molar-refractivity contribution in [3.8, 4) is 11.5 Å². The molecule has 2 aromatic carbocycles. The number of rotatable bonds is 8. The zero-order valence-electron chi connectivity index (χ0n) is 13.4. The van der Waals surface area contributed by atoms with Crippen molar-refractivity contribution in [2.24, 2.45) is 0 Å². The van der Waals surface area contributed by atoms with Crippen LogP contribution in [0.4, 0.5) is 0 Å². The van der Waals surface area contributed by atoms with Crippen LogP contribution in [-0.4, -0.2) is 11.3 Å². The Morgan fingerprint density at radius 2 is 1.83 bits per heavy atom. The van der Waals surface area contributed by atoms with E-state index in [9.17, 15) is 4.79 Å². The Morgan fingerprint density at radius 1 is 1.09 bits per heavy atom. The zero-order chi connectivity index (χ0) is 16.7. The topological polar surface area (TPSA) is 35.5 Å². The molecule has 0 amide bonds. The summed E-state index contributed by atoms with van der Waals surface area (Å²) in [5.41, 5.74) is 1.88. The van der Waals surface area contributed by atoms with Gasteiger partial charge in [-0.1, -0.05) is 43.3 Å². The first-order chi connectivity index (χ1) is 11.1. The van der Waals surface area contributed by atoms with E-state index in [1.807, 2.05) is 55.5 Å². The van der Waals surface area contributed by atoms with Crippen LogP contribution in [0, 0.1) is 0 Å². The van der Waals surface area contributed by atoms with Gasteiger partial charge in [-0.2, -0.15) is 0 Å². The van der Waals surface area contributed by atoms with E-state index in [0.717, 1.165) is 17.5 Å². The lowest BCUT2D eigenvalue weighted by molar-refractivity contribution is -0.111. The average molecular weight is 333 g/mol. The minimum atomic E-state index is -0.394. The van der Waals surface area contributed by atoms with Crippen molar-refractivity contribution >= 4 is 16.8 Å². The van der Waals surface area contributed by atoms with Gasteiger partial charge in [0.25, 0.3) is 0 Å². The molecule has 0 unspecified atom stereocenters. The van der Waals surface area contributed by atoms with Crippen molar-refractivity contribution in [3.63, 3.8) is 0 Å². The molecule has 0 spiro atoms. The maximum absolute atomic E-state index is 11.1. The predicted molar refractivity (Wildman–Crippen MR) is 92.2 cm³/mol. The molecule has 1 atom stereocenters. The fourth-order valence-electron chi connectivity index (χ4n) is 2.07. The molecule has 0 saturated heterocycles. The van der Waals surface area contributed by atoms with E-state index < -0.39 is 5.24 Å². The molecule has 0 bridgehead atoms. The van der Waals surface area contributed by atoms with Gasteiger partial charge in [0.05, 0.1) is 6.10 Å². The predicted octanol–water partition coefficient (Wildman–Crippen LogP) is 4.75. The first-order valence-corrected chi connectivity index (χ1v) is 8.11. The van der Waals surface area contributed by atoms with E-state index >= 15 is 0 Å². The first kappa shape index (κ1) is 17.4. The lowest BCUT2D eigenvalue weighted by Gasteiger charge is -2.17. The lowest BCUT2D eigenvalue weighted by Crippen LogP contribution is -2.11. The summed E-state index contributed by atoms with van der Waals surface area (Å²) in [5.74, 6) is 1.31. The van der Waals surface area contributed by atoms with Crippen molar-refractivity contribution in [2.75, 3.05) is 0 Å². The number of ether oxygens (including phenoxy) is 2. The summed E-state index contributed by atoms with van der Waals surface area (Å²) in [5, 5.41) is -0.394. The van der Waals surface area contributed by atoms with Crippen molar-refractivity contribution in [1.82, 2.24) is 0 Å². The molecule has 0 heterocycles. The fourth-order valence-corrected chi connectivity index (χ4v) is 2.22. The highest BCUT2D eigenvalue weighted by molar-refractivity contribution is 6.63. The monoisotopic (exact) mass is 332 g/mol. The van der Waals surface area contributed by atoms with Crippen LogP contribution in [0.25, 0.3) is 0 Å². The molecular weight excluding hydrogens is 312 g/mol. The number of benzene rings is 2. The summed E-state index contributed by atoms with van der Waals surface area (Å²) >= 11 is 5.47. The second-order valence-corrected chi connectivity index (χ2v) is 5.85. The van der Waals surface area contributed by atoms with E-state index in [0.29, 0.717) is 18.1 Å². The van der Waals surface area contributed by atoms with Gasteiger partial charge in [0, 0.05) is 6.42 Å². The van der Waals surface area contributed by atoms with E-state index in [-0.39, 0.29) is 12.5 Å². The van der Waals surface area contributed by atoms with Gasteiger partial charge < -0.3 is 9.47 Å². The van der Waals surface area contributed by atoms with E-state index in [1.54, 1.807) is 0 Å². The number of carbonyl (C=O) groups excluding carboxylic acids is 1. The van der Waals surface area contributed by atoms with E-state index in [4.69, 9.17) is 21.1 Å². The number of halogens is 1. The van der Waals surface area contributed by atoms with Crippen molar-refractivity contribution in [1.29, 1.82) is 0 Å². The standard InChI is InChI=1S/C19H21ClO3/c1-3-14(2)23-17-10-9-16(12-19(20)21)11-18(17)22-13-15-7-5-4-6-8-15/h4-11,14H,3,12-13H2,1-2H3/t14-/m1/s1. The smallest absolute Gasteiger partial charge is 0.226 e. The normalized spacial score (nSPS) is 11.8. The van der Waals surface area contributed by atoms with Crippen LogP contribution < -0.4 is 9.47 Å². The minimum absolute atomic E-state index is 0.0922. The van der Waals surface area contributed by atoms with Crippen LogP contribution in [0.2, 0.25) is 0 Å². The molecule has 0 fully saturated rings. The molecule has 4 heteroatoms. The van der Waals surface area contributed by atoms with Crippen LogP contribution in [0.5, 0.6) is 11.5 Å². The Kier molecular flexibility index (Phi) is 6.48. The highest BCUT2D eigenvalue weighted by Crippen LogP contribution is 2.31. The molecule has 3 nitrogen and oxygen atoms in total. The average Bonchev–Trinajstić information content (AvgIpc) is 2.55. The Morgan fingerprint density at radius 3 is 2.48 bits per heavy atom. The van der Waals surface area contributed by atoms with Gasteiger partial charge in [-0.05, 0) is 48.2 Å². The van der Waals surface area contributed by atoms with Crippen LogP contribution in [0.3, 0.4) is 0 Å².